The van der Waals surface area contributed by atoms with Gasteiger partial charge < -0.3 is 4.74 Å². The van der Waals surface area contributed by atoms with Crippen molar-refractivity contribution in [1.82, 2.24) is 4.98 Å². The van der Waals surface area contributed by atoms with Crippen LogP contribution in [0.3, 0.4) is 0 Å². The van der Waals surface area contributed by atoms with Gasteiger partial charge in [0.05, 0.1) is 6.61 Å². The maximum absolute atomic E-state index is 11.1. The van der Waals surface area contributed by atoms with Gasteiger partial charge in [-0.3, -0.25) is 4.98 Å². The fourth-order valence-electron chi connectivity index (χ4n) is 0.905. The SMILES string of the molecule is CCCCOC(=O)C#Cc1cccnc1. The van der Waals surface area contributed by atoms with Crippen LogP contribution in [0.15, 0.2) is 24.5 Å². The summed E-state index contributed by atoms with van der Waals surface area (Å²) in [5.41, 5.74) is 0.713. The highest BCUT2D eigenvalue weighted by molar-refractivity contribution is 5.89. The number of hydrogen-bond acceptors (Lipinski definition) is 3. The fraction of sp³-hybridized carbons (Fsp3) is 0.333. The van der Waals surface area contributed by atoms with Crippen LogP contribution in [0, 0.1) is 11.8 Å². The monoisotopic (exact) mass is 203 g/mol. The summed E-state index contributed by atoms with van der Waals surface area (Å²) in [5, 5.41) is 0. The van der Waals surface area contributed by atoms with Crippen molar-refractivity contribution >= 4 is 5.97 Å². The Morgan fingerprint density at radius 1 is 1.60 bits per heavy atom. The molecule has 0 aliphatic rings. The zero-order valence-electron chi connectivity index (χ0n) is 8.69. The van der Waals surface area contributed by atoms with Crippen LogP contribution < -0.4 is 0 Å². The highest BCUT2D eigenvalue weighted by Crippen LogP contribution is 1.92. The molecule has 0 unspecified atom stereocenters. The normalized spacial score (nSPS) is 8.87. The molecule has 1 aromatic rings. The van der Waals surface area contributed by atoms with Gasteiger partial charge in [-0.05, 0) is 18.6 Å². The molecular weight excluding hydrogens is 190 g/mol. The van der Waals surface area contributed by atoms with Crippen LogP contribution in [-0.4, -0.2) is 17.6 Å². The number of carbonyl (C=O) groups excluding carboxylic acids is 1. The Balaban J connectivity index is 2.41. The summed E-state index contributed by atoms with van der Waals surface area (Å²) in [5.74, 6) is 4.61. The van der Waals surface area contributed by atoms with E-state index in [0.717, 1.165) is 12.8 Å². The number of hydrogen-bond donors (Lipinski definition) is 0. The molecule has 0 amide bonds. The number of pyridine rings is 1. The van der Waals surface area contributed by atoms with Crippen molar-refractivity contribution in [3.8, 4) is 11.8 Å². The molecule has 15 heavy (non-hydrogen) atoms. The quantitative estimate of drug-likeness (QED) is 0.427. The zero-order chi connectivity index (χ0) is 10.9. The highest BCUT2D eigenvalue weighted by Gasteiger charge is 1.95. The van der Waals surface area contributed by atoms with Gasteiger partial charge in [0.15, 0.2) is 0 Å². The van der Waals surface area contributed by atoms with Gasteiger partial charge in [0.2, 0.25) is 0 Å². The van der Waals surface area contributed by atoms with Crippen molar-refractivity contribution in [3.05, 3.63) is 30.1 Å². The first-order valence-corrected chi connectivity index (χ1v) is 4.91. The van der Waals surface area contributed by atoms with Gasteiger partial charge in [-0.25, -0.2) is 4.79 Å². The number of aromatic nitrogens is 1. The van der Waals surface area contributed by atoms with E-state index in [1.807, 2.05) is 6.92 Å². The third-order valence-corrected chi connectivity index (χ3v) is 1.70. The van der Waals surface area contributed by atoms with Gasteiger partial charge in [0.25, 0.3) is 0 Å². The first-order chi connectivity index (χ1) is 7.33. The smallest absolute Gasteiger partial charge is 0.384 e. The Kier molecular flexibility index (Phi) is 4.96. The van der Waals surface area contributed by atoms with Crippen LogP contribution >= 0.6 is 0 Å². The van der Waals surface area contributed by atoms with Crippen molar-refractivity contribution in [1.29, 1.82) is 0 Å². The lowest BCUT2D eigenvalue weighted by molar-refractivity contribution is -0.136. The third kappa shape index (κ3) is 4.82. The van der Waals surface area contributed by atoms with Crippen LogP contribution in [0.2, 0.25) is 0 Å². The molecule has 0 radical (unpaired) electrons. The number of carbonyl (C=O) groups is 1. The molecule has 0 saturated heterocycles. The van der Waals surface area contributed by atoms with E-state index < -0.39 is 5.97 Å². The number of unbranched alkanes of at least 4 members (excludes halogenated alkanes) is 1. The summed E-state index contributed by atoms with van der Waals surface area (Å²) in [6.45, 7) is 2.48. The molecule has 0 aliphatic heterocycles. The van der Waals surface area contributed by atoms with Gasteiger partial charge >= 0.3 is 5.97 Å². The summed E-state index contributed by atoms with van der Waals surface area (Å²) in [4.78, 5) is 15.0. The Morgan fingerprint density at radius 3 is 3.13 bits per heavy atom. The first-order valence-electron chi connectivity index (χ1n) is 4.91. The van der Waals surface area contributed by atoms with Crippen LogP contribution in [0.1, 0.15) is 25.3 Å². The van der Waals surface area contributed by atoms with E-state index >= 15 is 0 Å². The molecule has 0 atom stereocenters. The third-order valence-electron chi connectivity index (χ3n) is 1.70. The summed E-state index contributed by atoms with van der Waals surface area (Å²) < 4.78 is 4.87. The molecule has 1 aromatic heterocycles. The Hall–Kier alpha value is -1.82. The fourth-order valence-corrected chi connectivity index (χ4v) is 0.905. The van der Waals surface area contributed by atoms with E-state index in [4.69, 9.17) is 4.74 Å². The lowest BCUT2D eigenvalue weighted by Crippen LogP contribution is -2.02. The first kappa shape index (κ1) is 11.3. The molecule has 1 heterocycles. The number of rotatable bonds is 3. The minimum Gasteiger partial charge on any atom is -0.456 e. The Morgan fingerprint density at radius 2 is 2.47 bits per heavy atom. The Labute approximate surface area is 89.5 Å². The van der Waals surface area contributed by atoms with Gasteiger partial charge in [-0.15, -0.1) is 0 Å². The Bertz CT molecular complexity index is 362. The van der Waals surface area contributed by atoms with Crippen molar-refractivity contribution in [2.75, 3.05) is 6.61 Å². The van der Waals surface area contributed by atoms with Gasteiger partial charge in [-0.2, -0.15) is 0 Å². The van der Waals surface area contributed by atoms with Crippen molar-refractivity contribution in [2.24, 2.45) is 0 Å². The highest BCUT2D eigenvalue weighted by atomic mass is 16.5. The molecule has 0 saturated carbocycles. The lowest BCUT2D eigenvalue weighted by atomic mass is 10.3. The molecular formula is C12H13NO2. The van der Waals surface area contributed by atoms with E-state index in [1.54, 1.807) is 24.5 Å². The second kappa shape index (κ2) is 6.61. The van der Waals surface area contributed by atoms with Crippen LogP contribution in [0.5, 0.6) is 0 Å². The lowest BCUT2D eigenvalue weighted by Gasteiger charge is -1.96. The number of nitrogens with zero attached hydrogens (tertiary/aromatic N) is 1. The van der Waals surface area contributed by atoms with Crippen LogP contribution in [0.4, 0.5) is 0 Å². The number of ether oxygens (including phenoxy) is 1. The second-order valence-electron chi connectivity index (χ2n) is 2.98. The van der Waals surface area contributed by atoms with E-state index in [1.165, 1.54) is 0 Å². The molecule has 0 fully saturated rings. The van der Waals surface area contributed by atoms with E-state index in [2.05, 4.69) is 16.8 Å². The molecule has 0 N–H and O–H groups in total. The minimum atomic E-state index is -0.479. The van der Waals surface area contributed by atoms with Crippen molar-refractivity contribution in [3.63, 3.8) is 0 Å². The standard InChI is InChI=1S/C12H13NO2/c1-2-3-9-15-12(14)7-6-11-5-4-8-13-10-11/h4-5,8,10H,2-3,9H2,1H3. The van der Waals surface area contributed by atoms with Crippen molar-refractivity contribution < 1.29 is 9.53 Å². The zero-order valence-corrected chi connectivity index (χ0v) is 8.69. The number of esters is 1. The van der Waals surface area contributed by atoms with E-state index in [0.29, 0.717) is 12.2 Å². The molecule has 1 rings (SSSR count). The maximum atomic E-state index is 11.1. The average Bonchev–Trinajstić information content (AvgIpc) is 2.28. The molecule has 0 spiro atoms. The minimum absolute atomic E-state index is 0.442. The van der Waals surface area contributed by atoms with E-state index in [-0.39, 0.29) is 0 Å². The topological polar surface area (TPSA) is 39.2 Å². The van der Waals surface area contributed by atoms with Crippen LogP contribution in [0.25, 0.3) is 0 Å². The summed E-state index contributed by atoms with van der Waals surface area (Å²) in [6.07, 6.45) is 5.14. The molecule has 3 heteroatoms. The maximum Gasteiger partial charge on any atom is 0.384 e. The largest absolute Gasteiger partial charge is 0.456 e. The predicted molar refractivity (Wildman–Crippen MR) is 57.0 cm³/mol. The summed E-state index contributed by atoms with van der Waals surface area (Å²) in [7, 11) is 0. The summed E-state index contributed by atoms with van der Waals surface area (Å²) in [6, 6.07) is 3.56. The molecule has 0 aromatic carbocycles. The van der Waals surface area contributed by atoms with E-state index in [9.17, 15) is 4.79 Å². The molecule has 78 valence electrons. The second-order valence-corrected chi connectivity index (χ2v) is 2.98. The molecule has 0 aliphatic carbocycles. The van der Waals surface area contributed by atoms with Crippen molar-refractivity contribution in [2.45, 2.75) is 19.8 Å². The van der Waals surface area contributed by atoms with Gasteiger partial charge in [0, 0.05) is 23.9 Å². The van der Waals surface area contributed by atoms with Gasteiger partial charge in [-0.1, -0.05) is 19.3 Å². The van der Waals surface area contributed by atoms with Gasteiger partial charge in [0.1, 0.15) is 0 Å². The van der Waals surface area contributed by atoms with Crippen LogP contribution in [-0.2, 0) is 9.53 Å². The summed E-state index contributed by atoms with van der Waals surface area (Å²) >= 11 is 0. The molecule has 0 bridgehead atoms. The predicted octanol–water partition coefficient (Wildman–Crippen LogP) is 1.78. The molecule has 3 nitrogen and oxygen atoms in total. The average molecular weight is 203 g/mol.